The summed E-state index contributed by atoms with van der Waals surface area (Å²) in [7, 11) is 0. The number of nitrogens with two attached hydrogens (primary N) is 1. The Bertz CT molecular complexity index is 425. The number of hydrogen-bond donors (Lipinski definition) is 2. The number of imidazole rings is 1. The zero-order chi connectivity index (χ0) is 10.7. The second-order valence-electron chi connectivity index (χ2n) is 3.28. The van der Waals surface area contributed by atoms with Crippen LogP contribution in [0.2, 0.25) is 0 Å². The maximum atomic E-state index is 13.5. The van der Waals surface area contributed by atoms with Gasteiger partial charge in [0.2, 0.25) is 0 Å². The summed E-state index contributed by atoms with van der Waals surface area (Å²) in [4.78, 5) is 7.06. The molecule has 0 aliphatic rings. The molecule has 3 N–H and O–H groups in total. The topological polar surface area (TPSA) is 54.7 Å². The van der Waals surface area contributed by atoms with E-state index < -0.39 is 0 Å². The maximum absolute atomic E-state index is 13.5. The molecule has 0 radical (unpaired) electrons. The Morgan fingerprint density at radius 3 is 2.80 bits per heavy atom. The molecule has 0 fully saturated rings. The Hall–Kier alpha value is -1.68. The van der Waals surface area contributed by atoms with Crippen molar-refractivity contribution in [3.8, 4) is 0 Å². The second-order valence-corrected chi connectivity index (χ2v) is 3.28. The number of aromatic nitrogens is 2. The number of nitrogens with one attached hydrogen (secondary N) is 1. The van der Waals surface area contributed by atoms with Crippen LogP contribution < -0.4 is 5.73 Å². The first-order valence-electron chi connectivity index (χ1n) is 4.76. The third kappa shape index (κ3) is 1.89. The number of halogens is 1. The van der Waals surface area contributed by atoms with E-state index in [2.05, 4.69) is 9.97 Å². The summed E-state index contributed by atoms with van der Waals surface area (Å²) in [5.74, 6) is 0.244. The van der Waals surface area contributed by atoms with Crippen molar-refractivity contribution in [2.75, 3.05) is 6.54 Å². The van der Waals surface area contributed by atoms with Crippen molar-refractivity contribution in [2.24, 2.45) is 5.73 Å². The third-order valence-corrected chi connectivity index (χ3v) is 2.37. The van der Waals surface area contributed by atoms with Gasteiger partial charge >= 0.3 is 0 Å². The Kier molecular flexibility index (Phi) is 2.78. The van der Waals surface area contributed by atoms with Gasteiger partial charge in [-0.05, 0) is 11.6 Å². The Morgan fingerprint density at radius 1 is 1.40 bits per heavy atom. The molecule has 0 aliphatic heterocycles. The highest BCUT2D eigenvalue weighted by molar-refractivity contribution is 5.27. The third-order valence-electron chi connectivity index (χ3n) is 2.37. The van der Waals surface area contributed by atoms with Crippen LogP contribution >= 0.6 is 0 Å². The first kappa shape index (κ1) is 9.86. The highest BCUT2D eigenvalue weighted by Gasteiger charge is 2.17. The van der Waals surface area contributed by atoms with Crippen molar-refractivity contribution in [1.29, 1.82) is 0 Å². The highest BCUT2D eigenvalue weighted by Crippen LogP contribution is 2.22. The quantitative estimate of drug-likeness (QED) is 0.800. The second kappa shape index (κ2) is 4.23. The fourth-order valence-corrected chi connectivity index (χ4v) is 1.61. The van der Waals surface area contributed by atoms with E-state index in [4.69, 9.17) is 5.73 Å². The number of aromatic amines is 1. The van der Waals surface area contributed by atoms with Gasteiger partial charge < -0.3 is 10.7 Å². The van der Waals surface area contributed by atoms with E-state index in [9.17, 15) is 4.39 Å². The standard InChI is InChI=1S/C11H12FN3/c12-10-4-2-1-3-8(10)9(7-13)11-14-5-6-15-11/h1-6,9H,7,13H2,(H,14,15). The molecule has 1 heterocycles. The molecule has 78 valence electrons. The minimum atomic E-state index is -0.246. The molecule has 0 aliphatic carbocycles. The lowest BCUT2D eigenvalue weighted by atomic mass is 9.98. The van der Waals surface area contributed by atoms with Crippen LogP contribution in [-0.2, 0) is 0 Å². The van der Waals surface area contributed by atoms with E-state index in [1.807, 2.05) is 0 Å². The van der Waals surface area contributed by atoms with Crippen molar-refractivity contribution in [2.45, 2.75) is 5.92 Å². The Labute approximate surface area is 87.2 Å². The van der Waals surface area contributed by atoms with Gasteiger partial charge in [-0.3, -0.25) is 0 Å². The van der Waals surface area contributed by atoms with Crippen molar-refractivity contribution < 1.29 is 4.39 Å². The zero-order valence-corrected chi connectivity index (χ0v) is 8.15. The summed E-state index contributed by atoms with van der Waals surface area (Å²) in [6, 6.07) is 6.62. The largest absolute Gasteiger partial charge is 0.348 e. The molecule has 2 rings (SSSR count). The monoisotopic (exact) mass is 205 g/mol. The number of benzene rings is 1. The average Bonchev–Trinajstić information content (AvgIpc) is 2.75. The Morgan fingerprint density at radius 2 is 2.20 bits per heavy atom. The van der Waals surface area contributed by atoms with Crippen molar-refractivity contribution >= 4 is 0 Å². The van der Waals surface area contributed by atoms with Crippen LogP contribution in [-0.4, -0.2) is 16.5 Å². The van der Waals surface area contributed by atoms with Crippen LogP contribution in [0, 0.1) is 5.82 Å². The molecule has 3 nitrogen and oxygen atoms in total. The molecule has 4 heteroatoms. The summed E-state index contributed by atoms with van der Waals surface area (Å²) < 4.78 is 13.5. The van der Waals surface area contributed by atoms with Gasteiger partial charge in [0.1, 0.15) is 11.6 Å². The fourth-order valence-electron chi connectivity index (χ4n) is 1.61. The van der Waals surface area contributed by atoms with Gasteiger partial charge in [0.05, 0.1) is 5.92 Å². The molecule has 0 saturated carbocycles. The molecule has 1 aromatic heterocycles. The minimum Gasteiger partial charge on any atom is -0.348 e. The lowest BCUT2D eigenvalue weighted by Crippen LogP contribution is -2.16. The van der Waals surface area contributed by atoms with E-state index in [0.717, 1.165) is 0 Å². The normalized spacial score (nSPS) is 12.7. The molecule has 0 amide bonds. The molecule has 0 spiro atoms. The van der Waals surface area contributed by atoms with Crippen molar-refractivity contribution in [1.82, 2.24) is 9.97 Å². The summed E-state index contributed by atoms with van der Waals surface area (Å²) in [6.45, 7) is 0.328. The van der Waals surface area contributed by atoms with Crippen LogP contribution in [0.25, 0.3) is 0 Å². The lowest BCUT2D eigenvalue weighted by Gasteiger charge is -2.13. The number of rotatable bonds is 3. The van der Waals surface area contributed by atoms with Gasteiger partial charge in [-0.2, -0.15) is 0 Å². The van der Waals surface area contributed by atoms with E-state index in [0.29, 0.717) is 17.9 Å². The van der Waals surface area contributed by atoms with E-state index in [1.54, 1.807) is 30.6 Å². The predicted molar refractivity (Wildman–Crippen MR) is 55.9 cm³/mol. The molecule has 1 atom stereocenters. The van der Waals surface area contributed by atoms with Gasteiger partial charge in [-0.15, -0.1) is 0 Å². The van der Waals surface area contributed by atoms with Gasteiger partial charge in [0.15, 0.2) is 0 Å². The van der Waals surface area contributed by atoms with E-state index in [1.165, 1.54) is 6.07 Å². The molecule has 0 saturated heterocycles. The molecule has 0 bridgehead atoms. The summed E-state index contributed by atoms with van der Waals surface area (Å²) in [5.41, 5.74) is 6.22. The van der Waals surface area contributed by atoms with E-state index in [-0.39, 0.29) is 11.7 Å². The van der Waals surface area contributed by atoms with Gasteiger partial charge in [0, 0.05) is 18.9 Å². The van der Waals surface area contributed by atoms with Gasteiger partial charge in [0.25, 0.3) is 0 Å². The van der Waals surface area contributed by atoms with Crippen LogP contribution in [0.1, 0.15) is 17.3 Å². The minimum absolute atomic E-state index is 0.207. The predicted octanol–water partition coefficient (Wildman–Crippen LogP) is 1.64. The molecule has 1 unspecified atom stereocenters. The molecule has 15 heavy (non-hydrogen) atoms. The van der Waals surface area contributed by atoms with Crippen molar-refractivity contribution in [3.05, 3.63) is 53.9 Å². The smallest absolute Gasteiger partial charge is 0.127 e. The average molecular weight is 205 g/mol. The van der Waals surface area contributed by atoms with Crippen LogP contribution in [0.15, 0.2) is 36.7 Å². The molecular weight excluding hydrogens is 193 g/mol. The number of H-pyrrole nitrogens is 1. The van der Waals surface area contributed by atoms with Crippen molar-refractivity contribution in [3.63, 3.8) is 0 Å². The molecule has 1 aromatic carbocycles. The van der Waals surface area contributed by atoms with E-state index >= 15 is 0 Å². The highest BCUT2D eigenvalue weighted by atomic mass is 19.1. The number of nitrogens with zero attached hydrogens (tertiary/aromatic N) is 1. The van der Waals surface area contributed by atoms with Crippen LogP contribution in [0.4, 0.5) is 4.39 Å². The summed E-state index contributed by atoms with van der Waals surface area (Å²) in [6.07, 6.45) is 3.34. The number of hydrogen-bond acceptors (Lipinski definition) is 2. The molecular formula is C11H12FN3. The first-order valence-corrected chi connectivity index (χ1v) is 4.76. The zero-order valence-electron chi connectivity index (χ0n) is 8.15. The Balaban J connectivity index is 2.40. The lowest BCUT2D eigenvalue weighted by molar-refractivity contribution is 0.592. The van der Waals surface area contributed by atoms with Gasteiger partial charge in [-0.25, -0.2) is 9.37 Å². The van der Waals surface area contributed by atoms with Gasteiger partial charge in [-0.1, -0.05) is 18.2 Å². The SMILES string of the molecule is NCC(c1ncc[nH]1)c1ccccc1F. The first-order chi connectivity index (χ1) is 7.33. The van der Waals surface area contributed by atoms with Crippen LogP contribution in [0.3, 0.4) is 0 Å². The van der Waals surface area contributed by atoms with Crippen LogP contribution in [0.5, 0.6) is 0 Å². The molecule has 2 aromatic rings. The fraction of sp³-hybridized carbons (Fsp3) is 0.182. The maximum Gasteiger partial charge on any atom is 0.127 e. The summed E-state index contributed by atoms with van der Waals surface area (Å²) >= 11 is 0. The summed E-state index contributed by atoms with van der Waals surface area (Å²) in [5, 5.41) is 0.